The maximum absolute atomic E-state index is 11.2. The van der Waals surface area contributed by atoms with E-state index in [0.717, 1.165) is 12.8 Å². The monoisotopic (exact) mass is 217 g/mol. The van der Waals surface area contributed by atoms with Crippen LogP contribution in [0.25, 0.3) is 0 Å². The number of alkyl carbamates (subject to hydrolysis) is 1. The van der Waals surface area contributed by atoms with Crippen molar-refractivity contribution >= 4 is 6.09 Å². The summed E-state index contributed by atoms with van der Waals surface area (Å²) in [5.41, 5.74) is -0.212. The molecule has 0 spiro atoms. The minimum atomic E-state index is -0.412. The summed E-state index contributed by atoms with van der Waals surface area (Å²) < 4.78 is 4.95. The van der Waals surface area contributed by atoms with Crippen LogP contribution in [0.3, 0.4) is 0 Å². The molecule has 0 radical (unpaired) electrons. The lowest BCUT2D eigenvalue weighted by atomic mass is 9.83. The van der Waals surface area contributed by atoms with E-state index in [4.69, 9.17) is 4.74 Å². The van der Waals surface area contributed by atoms with E-state index >= 15 is 0 Å². The highest BCUT2D eigenvalue weighted by Crippen LogP contribution is 2.24. The molecule has 2 N–H and O–H groups in total. The summed E-state index contributed by atoms with van der Waals surface area (Å²) in [4.78, 5) is 11.2. The molecule has 0 saturated carbocycles. The molecule has 0 unspecified atom stereocenters. The molecule has 0 aliphatic heterocycles. The van der Waals surface area contributed by atoms with E-state index in [0.29, 0.717) is 6.54 Å². The normalized spacial score (nSPS) is 11.6. The van der Waals surface area contributed by atoms with Gasteiger partial charge in [-0.15, -0.1) is 0 Å². The Morgan fingerprint density at radius 2 is 1.93 bits per heavy atom. The molecular formula is C11H23NO3. The van der Waals surface area contributed by atoms with Crippen LogP contribution in [-0.2, 0) is 4.74 Å². The molecule has 0 aliphatic carbocycles. The van der Waals surface area contributed by atoms with E-state index in [2.05, 4.69) is 5.32 Å². The number of rotatable bonds is 6. The molecule has 0 aromatic heterocycles. The molecule has 1 amide bonds. The molecular weight excluding hydrogens is 194 g/mol. The molecule has 15 heavy (non-hydrogen) atoms. The van der Waals surface area contributed by atoms with Crippen LogP contribution >= 0.6 is 0 Å². The summed E-state index contributed by atoms with van der Waals surface area (Å²) in [6.45, 7) is 8.17. The third kappa shape index (κ3) is 5.02. The van der Waals surface area contributed by atoms with Gasteiger partial charge in [0.15, 0.2) is 0 Å². The summed E-state index contributed by atoms with van der Waals surface area (Å²) in [6, 6.07) is 0. The highest BCUT2D eigenvalue weighted by molar-refractivity contribution is 5.67. The zero-order valence-electron chi connectivity index (χ0n) is 10.2. The number of aliphatic hydroxyl groups excluding tert-OH is 1. The predicted molar refractivity (Wildman–Crippen MR) is 59.7 cm³/mol. The molecule has 0 rings (SSSR count). The average Bonchev–Trinajstić information content (AvgIpc) is 2.20. The van der Waals surface area contributed by atoms with Crippen LogP contribution in [0.15, 0.2) is 0 Å². The Morgan fingerprint density at radius 3 is 2.27 bits per heavy atom. The first kappa shape index (κ1) is 14.2. The standard InChI is InChI=1S/C11H23NO3/c1-5-11(6-2,8-13)7-12-10(14)15-9(3)4/h9,13H,5-8H2,1-4H3,(H,12,14). The fourth-order valence-electron chi connectivity index (χ4n) is 1.29. The van der Waals surface area contributed by atoms with Crippen molar-refractivity contribution in [2.24, 2.45) is 5.41 Å². The van der Waals surface area contributed by atoms with Crippen molar-refractivity contribution in [3.8, 4) is 0 Å². The Kier molecular flexibility index (Phi) is 6.32. The van der Waals surface area contributed by atoms with E-state index in [1.54, 1.807) is 13.8 Å². The van der Waals surface area contributed by atoms with Gasteiger partial charge in [-0.05, 0) is 26.7 Å². The van der Waals surface area contributed by atoms with Crippen molar-refractivity contribution in [2.45, 2.75) is 46.6 Å². The summed E-state index contributed by atoms with van der Waals surface area (Å²) >= 11 is 0. The Bertz CT molecular complexity index is 180. The van der Waals surface area contributed by atoms with Crippen molar-refractivity contribution in [3.05, 3.63) is 0 Å². The van der Waals surface area contributed by atoms with Gasteiger partial charge >= 0.3 is 6.09 Å². The molecule has 0 aromatic carbocycles. The van der Waals surface area contributed by atoms with Crippen molar-refractivity contribution < 1.29 is 14.6 Å². The second-order valence-electron chi connectivity index (χ2n) is 4.17. The second-order valence-corrected chi connectivity index (χ2v) is 4.17. The van der Waals surface area contributed by atoms with Crippen LogP contribution in [0, 0.1) is 5.41 Å². The van der Waals surface area contributed by atoms with Gasteiger partial charge in [-0.1, -0.05) is 13.8 Å². The molecule has 0 fully saturated rings. The van der Waals surface area contributed by atoms with Crippen LogP contribution in [0.2, 0.25) is 0 Å². The van der Waals surface area contributed by atoms with Crippen LogP contribution in [0.4, 0.5) is 4.79 Å². The Labute approximate surface area is 92.0 Å². The van der Waals surface area contributed by atoms with Crippen LogP contribution < -0.4 is 5.32 Å². The van der Waals surface area contributed by atoms with Crippen LogP contribution in [0.1, 0.15) is 40.5 Å². The molecule has 4 nitrogen and oxygen atoms in total. The van der Waals surface area contributed by atoms with Gasteiger partial charge < -0.3 is 15.2 Å². The number of aliphatic hydroxyl groups is 1. The predicted octanol–water partition coefficient (Wildman–Crippen LogP) is 1.92. The fourth-order valence-corrected chi connectivity index (χ4v) is 1.29. The summed E-state index contributed by atoms with van der Waals surface area (Å²) in [5.74, 6) is 0. The van der Waals surface area contributed by atoms with Crippen molar-refractivity contribution in [1.82, 2.24) is 5.32 Å². The Morgan fingerprint density at radius 1 is 1.40 bits per heavy atom. The van der Waals surface area contributed by atoms with Gasteiger partial charge in [0, 0.05) is 12.0 Å². The molecule has 0 saturated heterocycles. The van der Waals surface area contributed by atoms with E-state index in [1.165, 1.54) is 0 Å². The quantitative estimate of drug-likeness (QED) is 0.714. The van der Waals surface area contributed by atoms with Gasteiger partial charge in [0.05, 0.1) is 12.7 Å². The lowest BCUT2D eigenvalue weighted by Crippen LogP contribution is -2.40. The van der Waals surface area contributed by atoms with Crippen molar-refractivity contribution in [2.75, 3.05) is 13.2 Å². The minimum Gasteiger partial charge on any atom is -0.447 e. The first-order valence-electron chi connectivity index (χ1n) is 5.55. The van der Waals surface area contributed by atoms with Gasteiger partial charge in [0.25, 0.3) is 0 Å². The summed E-state index contributed by atoms with van der Waals surface area (Å²) in [6.07, 6.45) is 1.14. The van der Waals surface area contributed by atoms with Gasteiger partial charge in [-0.2, -0.15) is 0 Å². The molecule has 0 bridgehead atoms. The van der Waals surface area contributed by atoms with E-state index in [-0.39, 0.29) is 18.1 Å². The number of carbonyl (C=O) groups excluding carboxylic acids is 1. The van der Waals surface area contributed by atoms with Crippen LogP contribution in [-0.4, -0.2) is 30.5 Å². The van der Waals surface area contributed by atoms with Gasteiger partial charge in [0.2, 0.25) is 0 Å². The highest BCUT2D eigenvalue weighted by atomic mass is 16.6. The molecule has 4 heteroatoms. The Hall–Kier alpha value is -0.770. The lowest BCUT2D eigenvalue weighted by molar-refractivity contribution is 0.0908. The number of hydrogen-bond donors (Lipinski definition) is 2. The van der Waals surface area contributed by atoms with Gasteiger partial charge in [0.1, 0.15) is 0 Å². The SMILES string of the molecule is CCC(CC)(CO)CNC(=O)OC(C)C. The maximum Gasteiger partial charge on any atom is 0.407 e. The third-order valence-corrected chi connectivity index (χ3v) is 2.79. The maximum atomic E-state index is 11.2. The molecule has 0 aromatic rings. The lowest BCUT2D eigenvalue weighted by Gasteiger charge is -2.29. The van der Waals surface area contributed by atoms with Crippen molar-refractivity contribution in [1.29, 1.82) is 0 Å². The highest BCUT2D eigenvalue weighted by Gasteiger charge is 2.26. The topological polar surface area (TPSA) is 58.6 Å². The van der Waals surface area contributed by atoms with Crippen molar-refractivity contribution in [3.63, 3.8) is 0 Å². The zero-order chi connectivity index (χ0) is 11.9. The van der Waals surface area contributed by atoms with E-state index in [9.17, 15) is 9.90 Å². The zero-order valence-corrected chi connectivity index (χ0v) is 10.2. The van der Waals surface area contributed by atoms with Crippen LogP contribution in [0.5, 0.6) is 0 Å². The molecule has 90 valence electrons. The van der Waals surface area contributed by atoms with E-state index in [1.807, 2.05) is 13.8 Å². The first-order chi connectivity index (χ1) is 6.99. The number of hydrogen-bond acceptors (Lipinski definition) is 3. The number of nitrogens with one attached hydrogen (secondary N) is 1. The largest absolute Gasteiger partial charge is 0.447 e. The Balaban J connectivity index is 4.05. The molecule has 0 aliphatic rings. The van der Waals surface area contributed by atoms with Gasteiger partial charge in [-0.25, -0.2) is 4.79 Å². The minimum absolute atomic E-state index is 0.0853. The average molecular weight is 217 g/mol. The summed E-state index contributed by atoms with van der Waals surface area (Å²) in [7, 11) is 0. The number of amides is 1. The fraction of sp³-hybridized carbons (Fsp3) is 0.909. The smallest absolute Gasteiger partial charge is 0.407 e. The molecule has 0 atom stereocenters. The summed E-state index contributed by atoms with van der Waals surface area (Å²) in [5, 5.41) is 12.0. The van der Waals surface area contributed by atoms with E-state index < -0.39 is 6.09 Å². The van der Waals surface area contributed by atoms with Gasteiger partial charge in [-0.3, -0.25) is 0 Å². The first-order valence-corrected chi connectivity index (χ1v) is 5.55. The second kappa shape index (κ2) is 6.67. The third-order valence-electron chi connectivity index (χ3n) is 2.79. The molecule has 0 heterocycles. The number of ether oxygens (including phenoxy) is 1. The number of carbonyl (C=O) groups is 1.